The molecule has 94 valence electrons. The number of rotatable bonds is 2. The van der Waals surface area contributed by atoms with Gasteiger partial charge in [-0.25, -0.2) is 0 Å². The first-order valence-electron chi connectivity index (χ1n) is 6.26. The Morgan fingerprint density at radius 1 is 1.59 bits per heavy atom. The molecule has 1 aliphatic carbocycles. The zero-order valence-electron chi connectivity index (χ0n) is 10.8. The summed E-state index contributed by atoms with van der Waals surface area (Å²) in [6.45, 7) is 4.23. The van der Waals surface area contributed by atoms with E-state index in [4.69, 9.17) is 4.74 Å². The Labute approximate surface area is 102 Å². The van der Waals surface area contributed by atoms with Crippen LogP contribution in [-0.4, -0.2) is 22.9 Å². The Morgan fingerprint density at radius 2 is 2.35 bits per heavy atom. The Hall–Kier alpha value is -1.32. The summed E-state index contributed by atoms with van der Waals surface area (Å²) in [6, 6.07) is 0.343. The largest absolute Gasteiger partial charge is 0.469 e. The van der Waals surface area contributed by atoms with Crippen molar-refractivity contribution in [3.63, 3.8) is 0 Å². The van der Waals surface area contributed by atoms with Crippen LogP contribution < -0.4 is 0 Å². The van der Waals surface area contributed by atoms with Gasteiger partial charge in [0, 0.05) is 18.2 Å². The number of hydrogen-bond acceptors (Lipinski definition) is 3. The Balaban J connectivity index is 2.28. The highest BCUT2D eigenvalue weighted by Crippen LogP contribution is 2.26. The molecule has 0 radical (unpaired) electrons. The molecule has 0 N–H and O–H groups in total. The molecule has 0 spiro atoms. The molecule has 0 amide bonds. The summed E-state index contributed by atoms with van der Waals surface area (Å²) >= 11 is 0. The number of nitrogens with zero attached hydrogens (tertiary/aromatic N) is 2. The number of fused-ring (bicyclic) bond motifs is 1. The summed E-state index contributed by atoms with van der Waals surface area (Å²) in [6.07, 6.45) is 5.70. The van der Waals surface area contributed by atoms with Crippen molar-refractivity contribution in [3.05, 3.63) is 17.5 Å². The Kier molecular flexibility index (Phi) is 3.50. The maximum atomic E-state index is 11.7. The van der Waals surface area contributed by atoms with Crippen molar-refractivity contribution in [2.75, 3.05) is 7.11 Å². The van der Waals surface area contributed by atoms with Gasteiger partial charge in [-0.1, -0.05) is 0 Å². The number of carbonyl (C=O) groups excluding carboxylic acids is 1. The van der Waals surface area contributed by atoms with Crippen molar-refractivity contribution in [1.29, 1.82) is 0 Å². The van der Waals surface area contributed by atoms with E-state index in [9.17, 15) is 4.79 Å². The zero-order valence-corrected chi connectivity index (χ0v) is 10.8. The minimum Gasteiger partial charge on any atom is -0.469 e. The third-order valence-electron chi connectivity index (χ3n) is 3.45. The maximum absolute atomic E-state index is 11.7. The summed E-state index contributed by atoms with van der Waals surface area (Å²) in [5.74, 6) is -0.0928. The van der Waals surface area contributed by atoms with Crippen LogP contribution in [0.15, 0.2) is 6.20 Å². The van der Waals surface area contributed by atoms with Gasteiger partial charge in [-0.2, -0.15) is 5.10 Å². The summed E-state index contributed by atoms with van der Waals surface area (Å²) in [5, 5.41) is 4.42. The predicted molar refractivity (Wildman–Crippen MR) is 64.8 cm³/mol. The third kappa shape index (κ3) is 2.35. The van der Waals surface area contributed by atoms with Crippen LogP contribution in [0.4, 0.5) is 0 Å². The molecule has 0 saturated carbocycles. The van der Waals surface area contributed by atoms with Crippen LogP contribution in [0, 0.1) is 5.92 Å². The van der Waals surface area contributed by atoms with Crippen molar-refractivity contribution in [3.8, 4) is 0 Å². The lowest BCUT2D eigenvalue weighted by Crippen LogP contribution is -2.20. The van der Waals surface area contributed by atoms with Crippen molar-refractivity contribution in [2.45, 2.75) is 45.6 Å². The molecular weight excluding hydrogens is 216 g/mol. The molecular formula is C13H20N2O2. The van der Waals surface area contributed by atoms with Crippen LogP contribution in [0.1, 0.15) is 44.0 Å². The smallest absolute Gasteiger partial charge is 0.309 e. The number of aryl methyl sites for hydroxylation is 1. The first kappa shape index (κ1) is 12.1. The van der Waals surface area contributed by atoms with Gasteiger partial charge < -0.3 is 4.74 Å². The topological polar surface area (TPSA) is 44.1 Å². The number of ether oxygens (including phenoxy) is 1. The van der Waals surface area contributed by atoms with Gasteiger partial charge in [0.25, 0.3) is 0 Å². The molecule has 1 aliphatic rings. The van der Waals surface area contributed by atoms with Crippen LogP contribution in [0.25, 0.3) is 0 Å². The minimum absolute atomic E-state index is 0.00421. The fourth-order valence-electron chi connectivity index (χ4n) is 2.54. The highest BCUT2D eigenvalue weighted by molar-refractivity contribution is 5.72. The molecule has 1 aromatic rings. The van der Waals surface area contributed by atoms with E-state index < -0.39 is 0 Å². The lowest BCUT2D eigenvalue weighted by molar-refractivity contribution is -0.145. The van der Waals surface area contributed by atoms with Crippen molar-refractivity contribution < 1.29 is 9.53 Å². The molecule has 0 aliphatic heterocycles. The second-order valence-electron chi connectivity index (χ2n) is 4.97. The van der Waals surface area contributed by atoms with Crippen molar-refractivity contribution in [1.82, 2.24) is 9.78 Å². The lowest BCUT2D eigenvalue weighted by atomic mass is 10.00. The standard InChI is InChI=1S/C13H20N2O2/c1-9(2)15-12-7-10(13(16)17-3)5-4-6-11(12)8-14-15/h8-10H,4-7H2,1-3H3/t10-/m1/s1. The van der Waals surface area contributed by atoms with Gasteiger partial charge in [-0.05, 0) is 38.7 Å². The van der Waals surface area contributed by atoms with Gasteiger partial charge >= 0.3 is 5.97 Å². The average Bonchev–Trinajstić information content (AvgIpc) is 2.59. The van der Waals surface area contributed by atoms with Crippen LogP contribution in [-0.2, 0) is 22.4 Å². The Bertz CT molecular complexity index is 410. The van der Waals surface area contributed by atoms with Crippen molar-refractivity contribution >= 4 is 5.97 Å². The second-order valence-corrected chi connectivity index (χ2v) is 4.97. The molecule has 0 fully saturated rings. The molecule has 4 heteroatoms. The zero-order chi connectivity index (χ0) is 12.4. The monoisotopic (exact) mass is 236 g/mol. The summed E-state index contributed by atoms with van der Waals surface area (Å²) < 4.78 is 6.91. The van der Waals surface area contributed by atoms with Crippen LogP contribution >= 0.6 is 0 Å². The van der Waals surface area contributed by atoms with E-state index >= 15 is 0 Å². The SMILES string of the molecule is COC(=O)[C@@H]1CCCc2cnn(C(C)C)c2C1. The van der Waals surface area contributed by atoms with Gasteiger partial charge in [0.15, 0.2) is 0 Å². The minimum atomic E-state index is -0.0886. The van der Waals surface area contributed by atoms with E-state index in [1.165, 1.54) is 18.4 Å². The second kappa shape index (κ2) is 4.90. The molecule has 1 aromatic heterocycles. The molecule has 4 nitrogen and oxygen atoms in total. The van der Waals surface area contributed by atoms with E-state index in [2.05, 4.69) is 18.9 Å². The first-order valence-corrected chi connectivity index (χ1v) is 6.26. The maximum Gasteiger partial charge on any atom is 0.309 e. The molecule has 1 atom stereocenters. The molecule has 0 unspecified atom stereocenters. The quantitative estimate of drug-likeness (QED) is 0.583. The number of esters is 1. The fourth-order valence-corrected chi connectivity index (χ4v) is 2.54. The summed E-state index contributed by atoms with van der Waals surface area (Å²) in [7, 11) is 1.47. The van der Waals surface area contributed by atoms with Gasteiger partial charge in [-0.3, -0.25) is 9.48 Å². The summed E-state index contributed by atoms with van der Waals surface area (Å²) in [4.78, 5) is 11.7. The van der Waals surface area contributed by atoms with E-state index in [0.29, 0.717) is 6.04 Å². The van der Waals surface area contributed by atoms with Gasteiger partial charge in [0.2, 0.25) is 0 Å². The number of carbonyl (C=O) groups is 1. The highest BCUT2D eigenvalue weighted by atomic mass is 16.5. The fraction of sp³-hybridized carbons (Fsp3) is 0.692. The number of hydrogen-bond donors (Lipinski definition) is 0. The Morgan fingerprint density at radius 3 is 3.00 bits per heavy atom. The van der Waals surface area contributed by atoms with Crippen molar-refractivity contribution in [2.24, 2.45) is 5.92 Å². The van der Waals surface area contributed by atoms with E-state index in [1.807, 2.05) is 10.9 Å². The van der Waals surface area contributed by atoms with E-state index in [0.717, 1.165) is 25.7 Å². The highest BCUT2D eigenvalue weighted by Gasteiger charge is 2.26. The molecule has 0 aromatic carbocycles. The van der Waals surface area contributed by atoms with Gasteiger partial charge in [0.05, 0.1) is 19.2 Å². The average molecular weight is 236 g/mol. The van der Waals surface area contributed by atoms with Gasteiger partial charge in [0.1, 0.15) is 0 Å². The molecule has 1 heterocycles. The molecule has 0 saturated heterocycles. The molecule has 2 rings (SSSR count). The van der Waals surface area contributed by atoms with Crippen LogP contribution in [0.5, 0.6) is 0 Å². The number of aromatic nitrogens is 2. The van der Waals surface area contributed by atoms with E-state index in [-0.39, 0.29) is 11.9 Å². The summed E-state index contributed by atoms with van der Waals surface area (Å²) in [5.41, 5.74) is 2.51. The predicted octanol–water partition coefficient (Wildman–Crippen LogP) is 2.13. The van der Waals surface area contributed by atoms with Crippen LogP contribution in [0.3, 0.4) is 0 Å². The van der Waals surface area contributed by atoms with Gasteiger partial charge in [-0.15, -0.1) is 0 Å². The first-order chi connectivity index (χ1) is 8.13. The lowest BCUT2D eigenvalue weighted by Gasteiger charge is -2.15. The third-order valence-corrected chi connectivity index (χ3v) is 3.45. The molecule has 0 bridgehead atoms. The normalized spacial score (nSPS) is 19.9. The van der Waals surface area contributed by atoms with E-state index in [1.54, 1.807) is 0 Å². The number of methoxy groups -OCH3 is 1. The van der Waals surface area contributed by atoms with Crippen LogP contribution in [0.2, 0.25) is 0 Å². The molecule has 17 heavy (non-hydrogen) atoms.